The van der Waals surface area contributed by atoms with Crippen LogP contribution < -0.4 is 0 Å². The van der Waals surface area contributed by atoms with Gasteiger partial charge in [0.05, 0.1) is 11.9 Å². The van der Waals surface area contributed by atoms with E-state index in [9.17, 15) is 0 Å². The molecule has 0 atom stereocenters. The van der Waals surface area contributed by atoms with Crippen LogP contribution in [0.3, 0.4) is 0 Å². The van der Waals surface area contributed by atoms with Gasteiger partial charge in [-0.15, -0.1) is 16.5 Å². The summed E-state index contributed by atoms with van der Waals surface area (Å²) in [4.78, 5) is 0.735. The van der Waals surface area contributed by atoms with Gasteiger partial charge in [0.1, 0.15) is 0 Å². The van der Waals surface area contributed by atoms with Crippen LogP contribution in [0.2, 0.25) is 0 Å². The molecule has 1 heterocycles. The second kappa shape index (κ2) is 2.35. The van der Waals surface area contributed by atoms with E-state index in [-0.39, 0.29) is 0 Å². The Bertz CT molecular complexity index is 205. The van der Waals surface area contributed by atoms with Crippen molar-refractivity contribution in [2.75, 3.05) is 0 Å². The third-order valence-corrected chi connectivity index (χ3v) is 0.907. The summed E-state index contributed by atoms with van der Waals surface area (Å²) in [5, 5.41) is 12.3. The standard InChI is InChI=1S/C6H7N2O/c1-2-3-6-4-5-8(9)7-6/h2,5,9H,1,3H2. The van der Waals surface area contributed by atoms with E-state index in [2.05, 4.69) is 17.7 Å². The van der Waals surface area contributed by atoms with E-state index in [1.807, 2.05) is 0 Å². The van der Waals surface area contributed by atoms with Gasteiger partial charge in [0.2, 0.25) is 0 Å². The predicted octanol–water partition coefficient (Wildman–Crippen LogP) is 0.649. The van der Waals surface area contributed by atoms with Gasteiger partial charge in [-0.05, 0) is 0 Å². The maximum absolute atomic E-state index is 8.62. The van der Waals surface area contributed by atoms with Gasteiger partial charge in [0, 0.05) is 12.5 Å². The normalized spacial score (nSPS) is 9.33. The summed E-state index contributed by atoms with van der Waals surface area (Å²) in [5.41, 5.74) is 0.701. The molecule has 1 N–H and O–H groups in total. The van der Waals surface area contributed by atoms with E-state index in [4.69, 9.17) is 5.21 Å². The van der Waals surface area contributed by atoms with Gasteiger partial charge >= 0.3 is 0 Å². The Morgan fingerprint density at radius 3 is 3.22 bits per heavy atom. The first-order chi connectivity index (χ1) is 4.33. The third kappa shape index (κ3) is 1.32. The fourth-order valence-electron chi connectivity index (χ4n) is 0.550. The molecule has 0 fully saturated rings. The molecule has 0 aliphatic carbocycles. The van der Waals surface area contributed by atoms with Crippen molar-refractivity contribution in [2.24, 2.45) is 0 Å². The molecule has 0 spiro atoms. The predicted molar refractivity (Wildman–Crippen MR) is 32.1 cm³/mol. The number of nitrogens with zero attached hydrogens (tertiary/aromatic N) is 2. The van der Waals surface area contributed by atoms with Crippen LogP contribution in [0.1, 0.15) is 5.69 Å². The van der Waals surface area contributed by atoms with Gasteiger partial charge in [-0.1, -0.05) is 6.08 Å². The molecule has 0 aromatic carbocycles. The average molecular weight is 123 g/mol. The molecule has 0 saturated heterocycles. The van der Waals surface area contributed by atoms with Crippen LogP contribution >= 0.6 is 0 Å². The third-order valence-electron chi connectivity index (χ3n) is 0.907. The maximum atomic E-state index is 8.62. The quantitative estimate of drug-likeness (QED) is 0.463. The molecule has 0 saturated carbocycles. The summed E-state index contributed by atoms with van der Waals surface area (Å²) in [6, 6.07) is 2.74. The zero-order valence-electron chi connectivity index (χ0n) is 4.91. The van der Waals surface area contributed by atoms with E-state index < -0.39 is 0 Å². The van der Waals surface area contributed by atoms with Gasteiger partial charge in [-0.25, -0.2) is 0 Å². The SMILES string of the molecule is C=CCc1[c]cn(O)n1. The van der Waals surface area contributed by atoms with Crippen molar-refractivity contribution in [3.63, 3.8) is 0 Å². The second-order valence-electron chi connectivity index (χ2n) is 1.63. The number of hydrogen-bond acceptors (Lipinski definition) is 2. The highest BCUT2D eigenvalue weighted by molar-refractivity contribution is 5.00. The summed E-state index contributed by atoms with van der Waals surface area (Å²) in [6.07, 6.45) is 3.71. The molecule has 0 aliphatic rings. The van der Waals surface area contributed by atoms with E-state index in [0.29, 0.717) is 12.1 Å². The summed E-state index contributed by atoms with van der Waals surface area (Å²) >= 11 is 0. The van der Waals surface area contributed by atoms with Crippen molar-refractivity contribution in [1.82, 2.24) is 9.94 Å². The van der Waals surface area contributed by atoms with Crippen molar-refractivity contribution in [3.05, 3.63) is 30.6 Å². The summed E-state index contributed by atoms with van der Waals surface area (Å²) < 4.78 is 0. The van der Waals surface area contributed by atoms with Crippen molar-refractivity contribution in [1.29, 1.82) is 0 Å². The summed E-state index contributed by atoms with van der Waals surface area (Å²) in [7, 11) is 0. The zero-order valence-corrected chi connectivity index (χ0v) is 4.91. The first-order valence-electron chi connectivity index (χ1n) is 2.59. The van der Waals surface area contributed by atoms with Gasteiger partial charge < -0.3 is 5.21 Å². The monoisotopic (exact) mass is 123 g/mol. The number of allylic oxidation sites excluding steroid dienone is 1. The lowest BCUT2D eigenvalue weighted by Crippen LogP contribution is -1.90. The van der Waals surface area contributed by atoms with Gasteiger partial charge in [0.15, 0.2) is 0 Å². The number of rotatable bonds is 2. The van der Waals surface area contributed by atoms with Crippen molar-refractivity contribution < 1.29 is 5.21 Å². The molecule has 9 heavy (non-hydrogen) atoms. The Balaban J connectivity index is 2.72. The Kier molecular flexibility index (Phi) is 1.53. The van der Waals surface area contributed by atoms with Crippen molar-refractivity contribution in [2.45, 2.75) is 6.42 Å². The fourth-order valence-corrected chi connectivity index (χ4v) is 0.550. The van der Waals surface area contributed by atoms with Crippen LogP contribution in [-0.2, 0) is 6.42 Å². The summed E-state index contributed by atoms with van der Waals surface area (Å²) in [6.45, 7) is 3.51. The van der Waals surface area contributed by atoms with Crippen LogP contribution in [0, 0.1) is 6.07 Å². The Morgan fingerprint density at radius 2 is 2.78 bits per heavy atom. The molecule has 3 nitrogen and oxygen atoms in total. The lowest BCUT2D eigenvalue weighted by molar-refractivity contribution is 0.147. The largest absolute Gasteiger partial charge is 0.412 e. The van der Waals surface area contributed by atoms with Crippen LogP contribution in [0.5, 0.6) is 0 Å². The van der Waals surface area contributed by atoms with E-state index in [1.165, 1.54) is 6.20 Å². The molecule has 0 bridgehead atoms. The summed E-state index contributed by atoms with van der Waals surface area (Å²) in [5.74, 6) is 0. The lowest BCUT2D eigenvalue weighted by Gasteiger charge is -1.83. The van der Waals surface area contributed by atoms with Gasteiger partial charge in [-0.2, -0.15) is 0 Å². The average Bonchev–Trinajstić information content (AvgIpc) is 2.17. The van der Waals surface area contributed by atoms with Crippen molar-refractivity contribution >= 4 is 0 Å². The fraction of sp³-hybridized carbons (Fsp3) is 0.167. The first-order valence-corrected chi connectivity index (χ1v) is 2.59. The molecule has 3 heteroatoms. The topological polar surface area (TPSA) is 38.0 Å². The van der Waals surface area contributed by atoms with Gasteiger partial charge in [0.25, 0.3) is 0 Å². The Labute approximate surface area is 53.2 Å². The first kappa shape index (κ1) is 5.88. The minimum atomic E-state index is 0.646. The highest BCUT2D eigenvalue weighted by Gasteiger charge is 1.92. The molecule has 1 radical (unpaired) electrons. The van der Waals surface area contributed by atoms with Crippen LogP contribution in [0.4, 0.5) is 0 Å². The molecule has 0 amide bonds. The van der Waals surface area contributed by atoms with E-state index in [1.54, 1.807) is 6.08 Å². The molecular weight excluding hydrogens is 116 g/mol. The van der Waals surface area contributed by atoms with Crippen LogP contribution in [0.25, 0.3) is 0 Å². The molecule has 1 aromatic rings. The number of aromatic nitrogens is 2. The van der Waals surface area contributed by atoms with Crippen molar-refractivity contribution in [3.8, 4) is 0 Å². The highest BCUT2D eigenvalue weighted by atomic mass is 16.5. The molecule has 1 aromatic heterocycles. The number of hydrogen-bond donors (Lipinski definition) is 1. The minimum Gasteiger partial charge on any atom is -0.412 e. The zero-order chi connectivity index (χ0) is 6.69. The van der Waals surface area contributed by atoms with E-state index in [0.717, 1.165) is 4.85 Å². The smallest absolute Gasteiger partial charge is 0.0777 e. The molecule has 0 unspecified atom stereocenters. The van der Waals surface area contributed by atoms with Crippen LogP contribution in [-0.4, -0.2) is 15.2 Å². The molecule has 47 valence electrons. The molecular formula is C6H7N2O. The van der Waals surface area contributed by atoms with Crippen LogP contribution in [0.15, 0.2) is 18.9 Å². The maximum Gasteiger partial charge on any atom is 0.0777 e. The Hall–Kier alpha value is -1.25. The molecule has 1 rings (SSSR count). The Morgan fingerprint density at radius 1 is 2.00 bits per heavy atom. The minimum absolute atomic E-state index is 0.646. The lowest BCUT2D eigenvalue weighted by atomic mass is 10.3. The molecule has 0 aliphatic heterocycles. The highest BCUT2D eigenvalue weighted by Crippen LogP contribution is 1.92. The van der Waals surface area contributed by atoms with Gasteiger partial charge in [-0.3, -0.25) is 0 Å². The van der Waals surface area contributed by atoms with E-state index >= 15 is 0 Å². The second-order valence-corrected chi connectivity index (χ2v) is 1.63.